The van der Waals surface area contributed by atoms with Crippen LogP contribution in [0.5, 0.6) is 0 Å². The molecular formula is C13H14N4O. The van der Waals surface area contributed by atoms with Gasteiger partial charge in [0.25, 0.3) is 5.91 Å². The van der Waals surface area contributed by atoms with Crippen molar-refractivity contribution in [1.29, 1.82) is 0 Å². The van der Waals surface area contributed by atoms with E-state index >= 15 is 0 Å². The average molecular weight is 242 g/mol. The summed E-state index contributed by atoms with van der Waals surface area (Å²) in [5.74, 6) is 5.59. The fourth-order valence-corrected chi connectivity index (χ4v) is 1.45. The van der Waals surface area contributed by atoms with Gasteiger partial charge in [-0.3, -0.25) is 10.6 Å². The molecule has 4 N–H and O–H groups in total. The van der Waals surface area contributed by atoms with Crippen LogP contribution in [0.25, 0.3) is 0 Å². The van der Waals surface area contributed by atoms with Gasteiger partial charge in [-0.15, -0.1) is 0 Å². The van der Waals surface area contributed by atoms with Crippen molar-refractivity contribution in [2.45, 2.75) is 6.92 Å². The third-order valence-electron chi connectivity index (χ3n) is 2.47. The summed E-state index contributed by atoms with van der Waals surface area (Å²) in [7, 11) is 0. The monoisotopic (exact) mass is 242 g/mol. The second-order valence-corrected chi connectivity index (χ2v) is 3.90. The lowest BCUT2D eigenvalue weighted by molar-refractivity contribution is 0.102. The number of nitrogens with zero attached hydrogens (tertiary/aromatic N) is 1. The van der Waals surface area contributed by atoms with E-state index in [9.17, 15) is 4.79 Å². The number of anilines is 2. The number of rotatable bonds is 3. The molecule has 1 amide bonds. The van der Waals surface area contributed by atoms with Crippen molar-refractivity contribution in [3.05, 3.63) is 53.7 Å². The number of benzene rings is 1. The molecule has 1 aromatic carbocycles. The quantitative estimate of drug-likeness (QED) is 0.567. The Hall–Kier alpha value is -2.40. The Morgan fingerprint density at radius 1 is 1.17 bits per heavy atom. The van der Waals surface area contributed by atoms with Crippen molar-refractivity contribution in [2.24, 2.45) is 5.84 Å². The van der Waals surface area contributed by atoms with Crippen molar-refractivity contribution in [2.75, 3.05) is 10.7 Å². The number of hydrazine groups is 1. The Labute approximate surface area is 105 Å². The van der Waals surface area contributed by atoms with E-state index in [0.29, 0.717) is 11.4 Å². The average Bonchev–Trinajstić information content (AvgIpc) is 2.41. The van der Waals surface area contributed by atoms with Crippen molar-refractivity contribution < 1.29 is 4.79 Å². The third kappa shape index (κ3) is 2.83. The highest BCUT2D eigenvalue weighted by Crippen LogP contribution is 2.10. The molecule has 2 aromatic rings. The van der Waals surface area contributed by atoms with Crippen LogP contribution in [-0.2, 0) is 0 Å². The first-order valence-corrected chi connectivity index (χ1v) is 5.50. The number of amides is 1. The van der Waals surface area contributed by atoms with Crippen LogP contribution >= 0.6 is 0 Å². The Kier molecular flexibility index (Phi) is 3.54. The number of nitrogen functional groups attached to an aromatic ring is 1. The molecule has 0 saturated carbocycles. The number of aryl methyl sites for hydroxylation is 1. The summed E-state index contributed by atoms with van der Waals surface area (Å²) in [6, 6.07) is 10.5. The molecule has 5 nitrogen and oxygen atoms in total. The van der Waals surface area contributed by atoms with Gasteiger partial charge in [-0.1, -0.05) is 6.07 Å². The van der Waals surface area contributed by atoms with E-state index in [2.05, 4.69) is 15.7 Å². The maximum atomic E-state index is 11.9. The smallest absolute Gasteiger partial charge is 0.256 e. The maximum Gasteiger partial charge on any atom is 0.256 e. The molecule has 0 unspecified atom stereocenters. The molecule has 1 heterocycles. The van der Waals surface area contributed by atoms with Crippen LogP contribution in [-0.4, -0.2) is 10.9 Å². The summed E-state index contributed by atoms with van der Waals surface area (Å²) in [6.45, 7) is 1.94. The van der Waals surface area contributed by atoms with Gasteiger partial charge < -0.3 is 10.7 Å². The molecule has 2 rings (SSSR count). The van der Waals surface area contributed by atoms with Crippen LogP contribution < -0.4 is 16.6 Å². The summed E-state index contributed by atoms with van der Waals surface area (Å²) in [4.78, 5) is 16.0. The van der Waals surface area contributed by atoms with Crippen LogP contribution in [0.3, 0.4) is 0 Å². The van der Waals surface area contributed by atoms with Crippen LogP contribution in [0.1, 0.15) is 15.9 Å². The zero-order valence-electron chi connectivity index (χ0n) is 9.97. The zero-order chi connectivity index (χ0) is 13.0. The summed E-state index contributed by atoms with van der Waals surface area (Å²) in [5.41, 5.74) is 4.85. The van der Waals surface area contributed by atoms with Gasteiger partial charge >= 0.3 is 0 Å². The minimum Gasteiger partial charge on any atom is -0.324 e. The normalized spacial score (nSPS) is 9.89. The Bertz CT molecular complexity index is 534. The molecule has 92 valence electrons. The molecule has 5 heteroatoms. The largest absolute Gasteiger partial charge is 0.324 e. The van der Waals surface area contributed by atoms with Gasteiger partial charge in [-0.25, -0.2) is 4.98 Å². The van der Waals surface area contributed by atoms with Crippen LogP contribution in [0.4, 0.5) is 11.5 Å². The fraction of sp³-hybridized carbons (Fsp3) is 0.0769. The predicted molar refractivity (Wildman–Crippen MR) is 71.2 cm³/mol. The van der Waals surface area contributed by atoms with Gasteiger partial charge in [0, 0.05) is 17.4 Å². The number of nitrogens with one attached hydrogen (secondary N) is 2. The van der Waals surface area contributed by atoms with Crippen LogP contribution in [0, 0.1) is 6.92 Å². The lowest BCUT2D eigenvalue weighted by Crippen LogP contribution is -2.13. The highest BCUT2D eigenvalue weighted by atomic mass is 16.1. The summed E-state index contributed by atoms with van der Waals surface area (Å²) in [5, 5.41) is 2.72. The van der Waals surface area contributed by atoms with E-state index < -0.39 is 0 Å². The minimum atomic E-state index is -0.199. The molecule has 0 bridgehead atoms. The van der Waals surface area contributed by atoms with E-state index in [1.807, 2.05) is 13.0 Å². The van der Waals surface area contributed by atoms with E-state index in [0.717, 1.165) is 11.3 Å². The number of hydrogen-bond donors (Lipinski definition) is 3. The lowest BCUT2D eigenvalue weighted by atomic mass is 10.2. The first kappa shape index (κ1) is 12.1. The summed E-state index contributed by atoms with van der Waals surface area (Å²) in [6.07, 6.45) is 1.71. The highest BCUT2D eigenvalue weighted by Gasteiger charge is 2.06. The van der Waals surface area contributed by atoms with E-state index in [1.165, 1.54) is 0 Å². The molecule has 1 aromatic heterocycles. The number of carbonyl (C=O) groups excluding carboxylic acids is 1. The molecule has 0 fully saturated rings. The second kappa shape index (κ2) is 5.29. The molecular weight excluding hydrogens is 228 g/mol. The molecule has 0 spiro atoms. The maximum absolute atomic E-state index is 11.9. The van der Waals surface area contributed by atoms with Gasteiger partial charge in [-0.05, 0) is 42.8 Å². The zero-order valence-corrected chi connectivity index (χ0v) is 9.97. The third-order valence-corrected chi connectivity index (χ3v) is 2.47. The topological polar surface area (TPSA) is 80.0 Å². The Morgan fingerprint density at radius 3 is 2.44 bits per heavy atom. The van der Waals surface area contributed by atoms with Gasteiger partial charge in [0.05, 0.1) is 0 Å². The number of carbonyl (C=O) groups is 1. The summed E-state index contributed by atoms with van der Waals surface area (Å²) >= 11 is 0. The Morgan fingerprint density at radius 2 is 1.89 bits per heavy atom. The summed E-state index contributed by atoms with van der Waals surface area (Å²) < 4.78 is 0. The van der Waals surface area contributed by atoms with Crippen LogP contribution in [0.2, 0.25) is 0 Å². The molecule has 0 aliphatic heterocycles. The first-order valence-electron chi connectivity index (χ1n) is 5.50. The Balaban J connectivity index is 2.09. The second-order valence-electron chi connectivity index (χ2n) is 3.90. The van der Waals surface area contributed by atoms with Gasteiger partial charge in [0.15, 0.2) is 0 Å². The number of aromatic nitrogens is 1. The molecule has 0 saturated heterocycles. The van der Waals surface area contributed by atoms with Crippen LogP contribution in [0.15, 0.2) is 42.6 Å². The predicted octanol–water partition coefficient (Wildman–Crippen LogP) is 1.93. The fourth-order valence-electron chi connectivity index (χ4n) is 1.45. The van der Waals surface area contributed by atoms with Gasteiger partial charge in [0.1, 0.15) is 5.82 Å². The van der Waals surface area contributed by atoms with Gasteiger partial charge in [-0.2, -0.15) is 0 Å². The lowest BCUT2D eigenvalue weighted by Gasteiger charge is -2.05. The highest BCUT2D eigenvalue weighted by molar-refractivity contribution is 6.03. The molecule has 0 atom stereocenters. The minimum absolute atomic E-state index is 0.199. The molecule has 0 aliphatic rings. The molecule has 0 radical (unpaired) electrons. The van der Waals surface area contributed by atoms with E-state index in [4.69, 9.17) is 5.84 Å². The number of nitrogens with two attached hydrogens (primary N) is 1. The first-order chi connectivity index (χ1) is 8.69. The van der Waals surface area contributed by atoms with Crippen molar-refractivity contribution in [3.8, 4) is 0 Å². The molecule has 0 aliphatic carbocycles. The van der Waals surface area contributed by atoms with Crippen molar-refractivity contribution in [3.63, 3.8) is 0 Å². The molecule has 18 heavy (non-hydrogen) atoms. The van der Waals surface area contributed by atoms with Crippen molar-refractivity contribution >= 4 is 17.4 Å². The standard InChI is InChI=1S/C13H14N4O/c1-9-2-7-12(15-8-9)16-13(18)10-3-5-11(17-14)6-4-10/h2-8,17H,14H2,1H3,(H,15,16,18). The number of hydrogen-bond acceptors (Lipinski definition) is 4. The van der Waals surface area contributed by atoms with E-state index in [1.54, 1.807) is 36.5 Å². The van der Waals surface area contributed by atoms with E-state index in [-0.39, 0.29) is 5.91 Å². The number of pyridine rings is 1. The van der Waals surface area contributed by atoms with Crippen molar-refractivity contribution in [1.82, 2.24) is 4.98 Å². The SMILES string of the molecule is Cc1ccc(NC(=O)c2ccc(NN)cc2)nc1. The van der Waals surface area contributed by atoms with Gasteiger partial charge in [0.2, 0.25) is 0 Å².